The van der Waals surface area contributed by atoms with Gasteiger partial charge in [-0.2, -0.15) is 0 Å². The number of hydrogen-bond acceptors (Lipinski definition) is 3. The molecule has 1 rings (SSSR count). The minimum Gasteiger partial charge on any atom is -0.497 e. The average Bonchev–Trinajstić information content (AvgIpc) is 2.35. The van der Waals surface area contributed by atoms with Crippen molar-refractivity contribution in [1.82, 2.24) is 5.32 Å². The quantitative estimate of drug-likeness (QED) is 0.847. The van der Waals surface area contributed by atoms with Crippen molar-refractivity contribution < 1.29 is 14.3 Å². The molecule has 0 aliphatic carbocycles. The molecular formula is C12H16BrNO3. The Morgan fingerprint density at radius 3 is 2.65 bits per heavy atom. The molecule has 4 nitrogen and oxygen atoms in total. The Hall–Kier alpha value is -1.23. The maximum absolute atomic E-state index is 11.4. The molecule has 0 bridgehead atoms. The number of carbonyl (C=O) groups is 1. The lowest BCUT2D eigenvalue weighted by atomic mass is 10.2. The second-order valence-electron chi connectivity index (χ2n) is 3.51. The van der Waals surface area contributed by atoms with Crippen molar-refractivity contribution in [1.29, 1.82) is 0 Å². The van der Waals surface area contributed by atoms with E-state index < -0.39 is 0 Å². The molecule has 0 heterocycles. The molecule has 94 valence electrons. The molecule has 17 heavy (non-hydrogen) atoms. The van der Waals surface area contributed by atoms with Gasteiger partial charge in [-0.15, -0.1) is 0 Å². The monoisotopic (exact) mass is 301 g/mol. The number of ether oxygens (including phenoxy) is 2. The van der Waals surface area contributed by atoms with Gasteiger partial charge >= 0.3 is 0 Å². The van der Waals surface area contributed by atoms with Crippen molar-refractivity contribution in [2.24, 2.45) is 0 Å². The number of methoxy groups -OCH3 is 2. The lowest BCUT2D eigenvalue weighted by Gasteiger charge is -2.12. The highest BCUT2D eigenvalue weighted by Gasteiger charge is 2.10. The van der Waals surface area contributed by atoms with Crippen LogP contribution in [0.1, 0.15) is 12.5 Å². The zero-order chi connectivity index (χ0) is 12.8. The molecule has 0 aliphatic rings. The second-order valence-corrected chi connectivity index (χ2v) is 4.89. The summed E-state index contributed by atoms with van der Waals surface area (Å²) in [6.45, 7) is 2.19. The predicted molar refractivity (Wildman–Crippen MR) is 69.8 cm³/mol. The van der Waals surface area contributed by atoms with E-state index >= 15 is 0 Å². The Labute approximate surface area is 109 Å². The van der Waals surface area contributed by atoms with Crippen molar-refractivity contribution >= 4 is 21.8 Å². The summed E-state index contributed by atoms with van der Waals surface area (Å²) >= 11 is 3.21. The molecule has 1 N–H and O–H groups in total. The maximum Gasteiger partial charge on any atom is 0.233 e. The zero-order valence-electron chi connectivity index (χ0n) is 10.1. The summed E-state index contributed by atoms with van der Waals surface area (Å²) < 4.78 is 10.4. The van der Waals surface area contributed by atoms with E-state index in [1.165, 1.54) is 0 Å². The van der Waals surface area contributed by atoms with Gasteiger partial charge in [0.1, 0.15) is 11.5 Å². The lowest BCUT2D eigenvalue weighted by Crippen LogP contribution is -2.28. The van der Waals surface area contributed by atoms with Crippen LogP contribution in [0.25, 0.3) is 0 Å². The van der Waals surface area contributed by atoms with Gasteiger partial charge in [-0.05, 0) is 25.1 Å². The number of benzene rings is 1. The fourth-order valence-corrected chi connectivity index (χ4v) is 1.50. The number of amides is 1. The molecule has 1 aromatic carbocycles. The SMILES string of the molecule is COc1ccc(OC)c(CNC(=O)C(C)Br)c1. The zero-order valence-corrected chi connectivity index (χ0v) is 11.7. The highest BCUT2D eigenvalue weighted by Crippen LogP contribution is 2.23. The first-order valence-corrected chi connectivity index (χ1v) is 6.12. The summed E-state index contributed by atoms with van der Waals surface area (Å²) in [7, 11) is 3.20. The molecule has 1 aromatic rings. The van der Waals surface area contributed by atoms with Crippen LogP contribution >= 0.6 is 15.9 Å². The van der Waals surface area contributed by atoms with Gasteiger partial charge in [0.05, 0.1) is 19.0 Å². The van der Waals surface area contributed by atoms with Crippen LogP contribution in [-0.4, -0.2) is 25.0 Å². The first kappa shape index (κ1) is 13.8. The van der Waals surface area contributed by atoms with Crippen LogP contribution in [0.2, 0.25) is 0 Å². The van der Waals surface area contributed by atoms with Crippen LogP contribution in [0.4, 0.5) is 0 Å². The van der Waals surface area contributed by atoms with Gasteiger partial charge in [-0.3, -0.25) is 4.79 Å². The molecule has 0 fully saturated rings. The average molecular weight is 302 g/mol. The Kier molecular flexibility index (Phi) is 5.28. The highest BCUT2D eigenvalue weighted by molar-refractivity contribution is 9.10. The Morgan fingerprint density at radius 2 is 2.12 bits per heavy atom. The molecule has 0 aliphatic heterocycles. The lowest BCUT2D eigenvalue weighted by molar-refractivity contribution is -0.120. The maximum atomic E-state index is 11.4. The number of alkyl halides is 1. The Bertz CT molecular complexity index is 393. The molecule has 5 heteroatoms. The summed E-state index contributed by atoms with van der Waals surface area (Å²) in [4.78, 5) is 11.2. The van der Waals surface area contributed by atoms with Gasteiger partial charge in [-0.25, -0.2) is 0 Å². The summed E-state index contributed by atoms with van der Waals surface area (Å²) in [6, 6.07) is 5.48. The van der Waals surface area contributed by atoms with Crippen molar-refractivity contribution in [3.8, 4) is 11.5 Å². The summed E-state index contributed by atoms with van der Waals surface area (Å²) in [5, 5.41) is 2.80. The topological polar surface area (TPSA) is 47.6 Å². The van der Waals surface area contributed by atoms with Crippen molar-refractivity contribution in [2.45, 2.75) is 18.3 Å². The number of hydrogen-bond donors (Lipinski definition) is 1. The van der Waals surface area contributed by atoms with E-state index in [0.29, 0.717) is 6.54 Å². The molecule has 1 atom stereocenters. The normalized spacial score (nSPS) is 11.8. The second kappa shape index (κ2) is 6.49. The third-order valence-electron chi connectivity index (χ3n) is 2.30. The third kappa shape index (κ3) is 3.93. The van der Waals surface area contributed by atoms with E-state index in [9.17, 15) is 4.79 Å². The van der Waals surface area contributed by atoms with E-state index in [1.54, 1.807) is 21.1 Å². The van der Waals surface area contributed by atoms with Crippen LogP contribution < -0.4 is 14.8 Å². The molecule has 0 spiro atoms. The smallest absolute Gasteiger partial charge is 0.233 e. The Balaban J connectivity index is 2.77. The third-order valence-corrected chi connectivity index (χ3v) is 2.72. The van der Waals surface area contributed by atoms with Crippen LogP contribution in [0.15, 0.2) is 18.2 Å². The molecular weight excluding hydrogens is 286 g/mol. The fourth-order valence-electron chi connectivity index (χ4n) is 1.34. The standard InChI is InChI=1S/C12H16BrNO3/c1-8(13)12(15)14-7-9-6-10(16-2)4-5-11(9)17-3/h4-6,8H,7H2,1-3H3,(H,14,15). The molecule has 1 unspecified atom stereocenters. The summed E-state index contributed by atoms with van der Waals surface area (Å²) in [5.41, 5.74) is 0.883. The van der Waals surface area contributed by atoms with Crippen LogP contribution in [0.3, 0.4) is 0 Å². The largest absolute Gasteiger partial charge is 0.497 e. The van der Waals surface area contributed by atoms with Crippen LogP contribution in [0, 0.1) is 0 Å². The summed E-state index contributed by atoms with van der Waals surface area (Å²) in [5.74, 6) is 1.41. The minimum absolute atomic E-state index is 0.0603. The van der Waals surface area contributed by atoms with Crippen molar-refractivity contribution in [3.63, 3.8) is 0 Å². The van der Waals surface area contributed by atoms with Gasteiger partial charge in [0.15, 0.2) is 0 Å². The van der Waals surface area contributed by atoms with Crippen molar-refractivity contribution in [2.75, 3.05) is 14.2 Å². The van der Waals surface area contributed by atoms with Gasteiger partial charge in [-0.1, -0.05) is 15.9 Å². The predicted octanol–water partition coefficient (Wildman–Crippen LogP) is 2.10. The molecule has 0 saturated heterocycles. The van der Waals surface area contributed by atoms with E-state index in [0.717, 1.165) is 17.1 Å². The molecule has 0 aromatic heterocycles. The molecule has 0 saturated carbocycles. The summed E-state index contributed by atoms with van der Waals surface area (Å²) in [6.07, 6.45) is 0. The van der Waals surface area contributed by atoms with Crippen LogP contribution in [0.5, 0.6) is 11.5 Å². The number of nitrogens with one attached hydrogen (secondary N) is 1. The minimum atomic E-state index is -0.209. The highest BCUT2D eigenvalue weighted by atomic mass is 79.9. The fraction of sp³-hybridized carbons (Fsp3) is 0.417. The Morgan fingerprint density at radius 1 is 1.41 bits per heavy atom. The van der Waals surface area contributed by atoms with Crippen molar-refractivity contribution in [3.05, 3.63) is 23.8 Å². The van der Waals surface area contributed by atoms with E-state index in [2.05, 4.69) is 21.2 Å². The van der Waals surface area contributed by atoms with Gasteiger partial charge in [0.25, 0.3) is 0 Å². The van der Waals surface area contributed by atoms with E-state index in [1.807, 2.05) is 18.2 Å². The molecule has 1 amide bonds. The van der Waals surface area contributed by atoms with Gasteiger partial charge in [0.2, 0.25) is 5.91 Å². The van der Waals surface area contributed by atoms with Gasteiger partial charge in [0, 0.05) is 12.1 Å². The number of carbonyl (C=O) groups excluding carboxylic acids is 1. The number of halogens is 1. The van der Waals surface area contributed by atoms with Crippen LogP contribution in [-0.2, 0) is 11.3 Å². The van der Waals surface area contributed by atoms with E-state index in [-0.39, 0.29) is 10.7 Å². The first-order chi connectivity index (χ1) is 8.08. The molecule has 0 radical (unpaired) electrons. The number of rotatable bonds is 5. The van der Waals surface area contributed by atoms with E-state index in [4.69, 9.17) is 9.47 Å². The first-order valence-electron chi connectivity index (χ1n) is 5.21. The van der Waals surface area contributed by atoms with Gasteiger partial charge < -0.3 is 14.8 Å².